The lowest BCUT2D eigenvalue weighted by Gasteiger charge is -2.48. The minimum atomic E-state index is -1.98. The fourth-order valence-corrected chi connectivity index (χ4v) is 12.7. The number of hydrogen-bond acceptors (Lipinski definition) is 18. The Kier molecular flexibility index (Phi) is 54.0. The Morgan fingerprint density at radius 2 is 0.704 bits per heavy atom. The van der Waals surface area contributed by atoms with Gasteiger partial charge in [-0.15, -0.1) is 0 Å². The van der Waals surface area contributed by atoms with E-state index in [1.54, 1.807) is 6.08 Å². The summed E-state index contributed by atoms with van der Waals surface area (Å²) in [6.07, 6.45) is 51.2. The van der Waals surface area contributed by atoms with Crippen LogP contribution >= 0.6 is 0 Å². The maximum atomic E-state index is 13.5. The summed E-state index contributed by atoms with van der Waals surface area (Å²) in [6.45, 7) is 1.64. The number of amides is 1. The van der Waals surface area contributed by atoms with Gasteiger partial charge in [0.1, 0.15) is 73.2 Å². The second-order valence-corrected chi connectivity index (χ2v) is 27.4. The highest BCUT2D eigenvalue weighted by atomic mass is 16.8. The first-order valence-electron chi connectivity index (χ1n) is 38.8. The summed E-state index contributed by atoms with van der Waals surface area (Å²) in [7, 11) is 0. The maximum Gasteiger partial charge on any atom is 0.220 e. The molecule has 568 valence electrons. The molecule has 3 rings (SSSR count). The van der Waals surface area contributed by atoms with Crippen LogP contribution < -0.4 is 5.32 Å². The van der Waals surface area contributed by atoms with Crippen molar-refractivity contribution in [2.24, 2.45) is 0 Å². The minimum Gasteiger partial charge on any atom is -0.394 e. The second kappa shape index (κ2) is 59.4. The number of allylic oxidation sites excluding steroid dienone is 13. The monoisotopic (exact) mass is 1390 g/mol. The molecule has 3 aliphatic heterocycles. The number of nitrogens with one attached hydrogen (secondary N) is 1. The van der Waals surface area contributed by atoms with Crippen molar-refractivity contribution in [3.8, 4) is 0 Å². The van der Waals surface area contributed by atoms with Crippen LogP contribution in [0.1, 0.15) is 277 Å². The molecule has 0 radical (unpaired) electrons. The number of aliphatic hydroxyl groups excluding tert-OH is 11. The average Bonchev–Trinajstić information content (AvgIpc) is 0.784. The molecule has 1 amide bonds. The van der Waals surface area contributed by atoms with Crippen LogP contribution in [0, 0.1) is 0 Å². The molecule has 0 aromatic heterocycles. The van der Waals surface area contributed by atoms with E-state index >= 15 is 0 Å². The van der Waals surface area contributed by atoms with Crippen LogP contribution in [0.25, 0.3) is 0 Å². The molecule has 19 heteroatoms. The van der Waals surface area contributed by atoms with Gasteiger partial charge < -0.3 is 89.9 Å². The lowest BCUT2D eigenvalue weighted by Crippen LogP contribution is -2.66. The third-order valence-electron chi connectivity index (χ3n) is 18.9. The summed E-state index contributed by atoms with van der Waals surface area (Å²) in [5.74, 6) is -0.281. The van der Waals surface area contributed by atoms with Crippen molar-refractivity contribution >= 4 is 5.91 Å². The van der Waals surface area contributed by atoms with Gasteiger partial charge in [-0.3, -0.25) is 4.79 Å². The van der Waals surface area contributed by atoms with Crippen molar-refractivity contribution in [1.82, 2.24) is 5.32 Å². The Morgan fingerprint density at radius 1 is 0.378 bits per heavy atom. The van der Waals surface area contributed by atoms with E-state index in [0.29, 0.717) is 6.42 Å². The van der Waals surface area contributed by atoms with Gasteiger partial charge in [0.25, 0.3) is 0 Å². The summed E-state index contributed by atoms with van der Waals surface area (Å²) in [4.78, 5) is 13.5. The third kappa shape index (κ3) is 39.6. The maximum absolute atomic E-state index is 13.5. The average molecular weight is 1390 g/mol. The van der Waals surface area contributed by atoms with Gasteiger partial charge in [-0.25, -0.2) is 0 Å². The van der Waals surface area contributed by atoms with Crippen molar-refractivity contribution in [3.05, 3.63) is 85.1 Å². The van der Waals surface area contributed by atoms with Crippen molar-refractivity contribution in [2.75, 3.05) is 26.4 Å². The van der Waals surface area contributed by atoms with Crippen LogP contribution in [0.5, 0.6) is 0 Å². The van der Waals surface area contributed by atoms with Gasteiger partial charge in [0.05, 0.1) is 38.6 Å². The number of carbonyl (C=O) groups excluding carboxylic acids is 1. The number of rotatable bonds is 60. The predicted octanol–water partition coefficient (Wildman–Crippen LogP) is 12.2. The van der Waals surface area contributed by atoms with E-state index in [4.69, 9.17) is 28.4 Å². The highest BCUT2D eigenvalue weighted by Gasteiger charge is 2.53. The molecule has 3 saturated heterocycles. The molecule has 17 atom stereocenters. The van der Waals surface area contributed by atoms with Gasteiger partial charge in [-0.2, -0.15) is 0 Å². The number of aliphatic hydroxyl groups is 11. The molecule has 0 bridgehead atoms. The van der Waals surface area contributed by atoms with Crippen LogP contribution in [0.3, 0.4) is 0 Å². The zero-order valence-electron chi connectivity index (χ0n) is 60.5. The number of carbonyl (C=O) groups is 1. The first kappa shape index (κ1) is 89.2. The van der Waals surface area contributed by atoms with Gasteiger partial charge in [0.2, 0.25) is 5.91 Å². The summed E-state index contributed by atoms with van der Waals surface area (Å²) in [5, 5.41) is 121. The number of ether oxygens (including phenoxy) is 6. The zero-order chi connectivity index (χ0) is 71.1. The molecule has 0 aliphatic carbocycles. The summed E-state index contributed by atoms with van der Waals surface area (Å²) in [5.41, 5.74) is 0. The van der Waals surface area contributed by atoms with E-state index in [2.05, 4.69) is 92.1 Å². The molecule has 0 spiro atoms. The molecule has 98 heavy (non-hydrogen) atoms. The van der Waals surface area contributed by atoms with Crippen LogP contribution in [0.4, 0.5) is 0 Å². The number of unbranched alkanes of at least 4 members (excludes halogenated alkanes) is 32. The highest BCUT2D eigenvalue weighted by molar-refractivity contribution is 5.76. The fourth-order valence-electron chi connectivity index (χ4n) is 12.7. The van der Waals surface area contributed by atoms with Gasteiger partial charge in [-0.1, -0.05) is 285 Å². The van der Waals surface area contributed by atoms with E-state index in [9.17, 15) is 61.0 Å². The summed E-state index contributed by atoms with van der Waals surface area (Å²) >= 11 is 0. The first-order valence-corrected chi connectivity index (χ1v) is 38.8. The van der Waals surface area contributed by atoms with E-state index in [0.717, 1.165) is 96.3 Å². The Morgan fingerprint density at radius 3 is 1.10 bits per heavy atom. The predicted molar refractivity (Wildman–Crippen MR) is 388 cm³/mol. The van der Waals surface area contributed by atoms with E-state index < -0.39 is 124 Å². The third-order valence-corrected chi connectivity index (χ3v) is 18.9. The summed E-state index contributed by atoms with van der Waals surface area (Å²) in [6, 6.07) is -0.982. The van der Waals surface area contributed by atoms with Gasteiger partial charge >= 0.3 is 0 Å². The van der Waals surface area contributed by atoms with E-state index in [-0.39, 0.29) is 18.9 Å². The second-order valence-electron chi connectivity index (χ2n) is 27.4. The van der Waals surface area contributed by atoms with Crippen molar-refractivity contribution < 1.29 is 89.4 Å². The molecule has 19 nitrogen and oxygen atoms in total. The molecule has 17 unspecified atom stereocenters. The molecule has 12 N–H and O–H groups in total. The molecule has 0 aromatic rings. The van der Waals surface area contributed by atoms with Crippen LogP contribution in [-0.4, -0.2) is 193 Å². The smallest absolute Gasteiger partial charge is 0.220 e. The Bertz CT molecular complexity index is 2100. The highest BCUT2D eigenvalue weighted by Crippen LogP contribution is 2.33. The summed E-state index contributed by atoms with van der Waals surface area (Å²) < 4.78 is 34.4. The van der Waals surface area contributed by atoms with Gasteiger partial charge in [-0.05, 0) is 70.6 Å². The molecule has 0 aromatic carbocycles. The first-order chi connectivity index (χ1) is 47.8. The largest absolute Gasteiger partial charge is 0.394 e. The molecule has 3 fully saturated rings. The zero-order valence-corrected chi connectivity index (χ0v) is 60.5. The molecular weight excluding hydrogens is 1250 g/mol. The lowest BCUT2D eigenvalue weighted by atomic mass is 9.96. The normalized spacial score (nSPS) is 27.2. The number of hydrogen-bond donors (Lipinski definition) is 12. The molecule has 0 saturated carbocycles. The Balaban J connectivity index is 1.40. The Hall–Kier alpha value is -3.03. The Labute approximate surface area is 590 Å². The van der Waals surface area contributed by atoms with Crippen LogP contribution in [-0.2, 0) is 33.2 Å². The SMILES string of the molecule is CC/C=C\C/C=C\C/C=C\C/C=C\C/C=C\C/C=C\CCCCCCCCCCCCC(=O)NC(COC1OC(CO)C(OC2OC(CO)C(OC3OC(CO)C(O)C(O)C3O)C(O)C2O)C(O)C1O)C(O)/C=C/CCCCCCCCCCCCCCCCCCCCCCCC. The van der Waals surface area contributed by atoms with Crippen molar-refractivity contribution in [1.29, 1.82) is 0 Å². The van der Waals surface area contributed by atoms with Crippen LogP contribution in [0.15, 0.2) is 85.1 Å². The van der Waals surface area contributed by atoms with Gasteiger partial charge in [0.15, 0.2) is 18.9 Å². The molecule has 3 aliphatic rings. The topological polar surface area (TPSA) is 307 Å². The van der Waals surface area contributed by atoms with Crippen LogP contribution in [0.2, 0.25) is 0 Å². The molecule has 3 heterocycles. The minimum absolute atomic E-state index is 0.234. The van der Waals surface area contributed by atoms with Gasteiger partial charge in [0, 0.05) is 6.42 Å². The fraction of sp³-hybridized carbons (Fsp3) is 0.810. The standard InChI is InChI=1S/C79H139NO18/c1-3-5-7-9-11-13-15-17-19-21-23-25-27-29-30-31-32-33-35-37-39-41-43-45-47-49-51-53-55-57-67(85)80-62(63(84)56-54-52-50-48-46-44-42-40-38-36-34-28-26-24-22-20-18-16-14-12-10-8-6-4-2)61-93-77-73(91)70(88)75(65(59-82)95-77)98-79-74(92)71(89)76(66(60-83)96-79)97-78-72(90)69(87)68(86)64(58-81)94-78/h5,7,11,13,17,19,23,25,29-30,32-33,54,56,62-66,68-79,81-84,86-92H,3-4,6,8-10,12,14-16,18,20-22,24,26-28,31,34-53,55,57-61H2,1-2H3,(H,80,85)/b7-5-,13-11-,19-17-,25-23-,30-29-,33-32-,56-54+. The quantitative estimate of drug-likeness (QED) is 0.0199. The van der Waals surface area contributed by atoms with Crippen molar-refractivity contribution in [2.45, 2.75) is 381 Å². The van der Waals surface area contributed by atoms with E-state index in [1.165, 1.54) is 154 Å². The van der Waals surface area contributed by atoms with E-state index in [1.807, 2.05) is 6.08 Å². The molecular formula is C79H139NO18. The lowest BCUT2D eigenvalue weighted by molar-refractivity contribution is -0.379. The van der Waals surface area contributed by atoms with Crippen molar-refractivity contribution in [3.63, 3.8) is 0 Å².